The number of hydrogen-bond donors (Lipinski definition) is 2. The van der Waals surface area contributed by atoms with Crippen molar-refractivity contribution in [1.82, 2.24) is 9.78 Å². The van der Waals surface area contributed by atoms with Gasteiger partial charge in [0.15, 0.2) is 0 Å². The minimum atomic E-state index is -3.10. The Morgan fingerprint density at radius 3 is 2.74 bits per heavy atom. The summed E-state index contributed by atoms with van der Waals surface area (Å²) in [5.74, 6) is -0.0425. The van der Waals surface area contributed by atoms with Crippen molar-refractivity contribution in [3.8, 4) is 0 Å². The molecule has 0 aromatic carbocycles. The molecule has 1 aromatic heterocycles. The van der Waals surface area contributed by atoms with E-state index < -0.39 is 9.84 Å². The van der Waals surface area contributed by atoms with E-state index in [2.05, 4.69) is 26.3 Å². The van der Waals surface area contributed by atoms with Gasteiger partial charge in [0.25, 0.3) is 5.56 Å². The zero-order chi connectivity index (χ0) is 14.6. The van der Waals surface area contributed by atoms with Gasteiger partial charge in [0.1, 0.15) is 14.3 Å². The quantitative estimate of drug-likeness (QED) is 0.736. The molecule has 0 saturated heterocycles. The molecule has 1 rings (SSSR count). The summed E-state index contributed by atoms with van der Waals surface area (Å²) < 4.78 is 23.7. The fourth-order valence-corrected chi connectivity index (χ4v) is 2.99. The summed E-state index contributed by atoms with van der Waals surface area (Å²) in [5, 5.41) is 15.6. The molecule has 0 aliphatic heterocycles. The first-order chi connectivity index (χ1) is 8.74. The molecule has 0 radical (unpaired) electrons. The lowest BCUT2D eigenvalue weighted by atomic mass is 10.3. The summed E-state index contributed by atoms with van der Waals surface area (Å²) in [4.78, 5) is 11.8. The average Bonchev–Trinajstić information content (AvgIpc) is 2.26. The van der Waals surface area contributed by atoms with Crippen LogP contribution < -0.4 is 10.9 Å². The Morgan fingerprint density at radius 1 is 1.58 bits per heavy atom. The van der Waals surface area contributed by atoms with Crippen molar-refractivity contribution in [2.24, 2.45) is 0 Å². The van der Waals surface area contributed by atoms with Crippen molar-refractivity contribution in [2.75, 3.05) is 23.9 Å². The largest absolute Gasteiger partial charge is 0.394 e. The van der Waals surface area contributed by atoms with E-state index in [0.717, 1.165) is 10.9 Å². The van der Waals surface area contributed by atoms with Crippen molar-refractivity contribution in [3.05, 3.63) is 21.0 Å². The zero-order valence-electron chi connectivity index (χ0n) is 10.6. The van der Waals surface area contributed by atoms with E-state index in [-0.39, 0.29) is 35.0 Å². The van der Waals surface area contributed by atoms with Crippen LogP contribution in [0.15, 0.2) is 15.5 Å². The molecule has 7 nitrogen and oxygen atoms in total. The Morgan fingerprint density at radius 2 is 2.21 bits per heavy atom. The highest BCUT2D eigenvalue weighted by Gasteiger charge is 2.14. The van der Waals surface area contributed by atoms with Crippen molar-refractivity contribution in [1.29, 1.82) is 0 Å². The minimum Gasteiger partial charge on any atom is -0.394 e. The number of rotatable bonds is 6. The second-order valence-corrected chi connectivity index (χ2v) is 7.24. The van der Waals surface area contributed by atoms with Crippen LogP contribution in [-0.2, 0) is 16.4 Å². The molecule has 2 N–H and O–H groups in total. The predicted molar refractivity (Wildman–Crippen MR) is 76.1 cm³/mol. The molecule has 1 unspecified atom stereocenters. The van der Waals surface area contributed by atoms with Crippen LogP contribution in [0.4, 0.5) is 5.69 Å². The average molecular weight is 354 g/mol. The Hall–Kier alpha value is -0.930. The van der Waals surface area contributed by atoms with Crippen LogP contribution in [0.3, 0.4) is 0 Å². The smallest absolute Gasteiger partial charge is 0.283 e. The first-order valence-electron chi connectivity index (χ1n) is 5.55. The second kappa shape index (κ2) is 6.49. The summed E-state index contributed by atoms with van der Waals surface area (Å²) in [6.07, 6.45) is 2.57. The Labute approximate surface area is 119 Å². The molecule has 1 aromatic rings. The zero-order valence-corrected chi connectivity index (χ0v) is 13.0. The van der Waals surface area contributed by atoms with Crippen LogP contribution >= 0.6 is 15.9 Å². The Balaban J connectivity index is 2.92. The molecule has 19 heavy (non-hydrogen) atoms. The number of aromatic nitrogens is 2. The van der Waals surface area contributed by atoms with Crippen molar-refractivity contribution >= 4 is 31.5 Å². The maximum atomic E-state index is 11.8. The standard InChI is InChI=1S/C10H16BrN3O4S/c1-7(6-19(2,17)18)13-8-5-12-14(3-4-15)10(16)9(8)11/h5,7,13,15H,3-4,6H2,1-2H3. The SMILES string of the molecule is CC(CS(C)(=O)=O)Nc1cnn(CCO)c(=O)c1Br. The van der Waals surface area contributed by atoms with Crippen LogP contribution in [-0.4, -0.2) is 48.0 Å². The van der Waals surface area contributed by atoms with Crippen LogP contribution in [0.1, 0.15) is 6.92 Å². The lowest BCUT2D eigenvalue weighted by Crippen LogP contribution is -2.29. The summed E-state index contributed by atoms with van der Waals surface area (Å²) in [5.41, 5.74) is 0.0425. The number of nitrogens with zero attached hydrogens (tertiary/aromatic N) is 2. The number of anilines is 1. The number of sulfone groups is 1. The van der Waals surface area contributed by atoms with Gasteiger partial charge in [-0.25, -0.2) is 13.1 Å². The lowest BCUT2D eigenvalue weighted by molar-refractivity contribution is 0.266. The molecule has 1 heterocycles. The first-order valence-corrected chi connectivity index (χ1v) is 8.40. The molecule has 0 bridgehead atoms. The van der Waals surface area contributed by atoms with Crippen molar-refractivity contribution < 1.29 is 13.5 Å². The van der Waals surface area contributed by atoms with Gasteiger partial charge < -0.3 is 10.4 Å². The molecule has 9 heteroatoms. The van der Waals surface area contributed by atoms with E-state index in [1.165, 1.54) is 6.20 Å². The van der Waals surface area contributed by atoms with Gasteiger partial charge in [0.05, 0.1) is 30.8 Å². The van der Waals surface area contributed by atoms with Gasteiger partial charge in [-0.3, -0.25) is 4.79 Å². The van der Waals surface area contributed by atoms with Gasteiger partial charge in [0, 0.05) is 12.3 Å². The highest BCUT2D eigenvalue weighted by Crippen LogP contribution is 2.17. The number of hydrogen-bond acceptors (Lipinski definition) is 6. The van der Waals surface area contributed by atoms with E-state index in [4.69, 9.17) is 5.11 Å². The molecular weight excluding hydrogens is 338 g/mol. The highest BCUT2D eigenvalue weighted by molar-refractivity contribution is 9.10. The third kappa shape index (κ3) is 4.92. The number of halogens is 1. The van der Waals surface area contributed by atoms with Gasteiger partial charge in [0.2, 0.25) is 0 Å². The second-order valence-electron chi connectivity index (χ2n) is 4.26. The van der Waals surface area contributed by atoms with E-state index >= 15 is 0 Å². The van der Waals surface area contributed by atoms with Crippen LogP contribution in [0, 0.1) is 0 Å². The van der Waals surface area contributed by atoms with E-state index in [1.54, 1.807) is 6.92 Å². The molecular formula is C10H16BrN3O4S. The van der Waals surface area contributed by atoms with Gasteiger partial charge in [-0.05, 0) is 22.9 Å². The third-order valence-electron chi connectivity index (χ3n) is 2.25. The van der Waals surface area contributed by atoms with Gasteiger partial charge in [-0.1, -0.05) is 0 Å². The van der Waals surface area contributed by atoms with E-state index in [0.29, 0.717) is 5.69 Å². The van der Waals surface area contributed by atoms with Gasteiger partial charge in [-0.15, -0.1) is 0 Å². The van der Waals surface area contributed by atoms with Crippen molar-refractivity contribution in [2.45, 2.75) is 19.5 Å². The normalized spacial score (nSPS) is 13.3. The maximum Gasteiger partial charge on any atom is 0.283 e. The Bertz CT molecular complexity index is 599. The molecule has 0 saturated carbocycles. The molecule has 0 spiro atoms. The minimum absolute atomic E-state index is 0.0425. The van der Waals surface area contributed by atoms with Gasteiger partial charge >= 0.3 is 0 Å². The van der Waals surface area contributed by atoms with E-state index in [1.807, 2.05) is 0 Å². The summed E-state index contributed by atoms with van der Waals surface area (Å²) >= 11 is 3.14. The number of nitrogens with one attached hydrogen (secondary N) is 1. The predicted octanol–water partition coefficient (Wildman–Crippen LogP) is -0.157. The number of aliphatic hydroxyl groups excluding tert-OH is 1. The summed E-state index contributed by atoms with van der Waals surface area (Å²) in [6, 6.07) is -0.346. The molecule has 0 aliphatic rings. The first kappa shape index (κ1) is 16.1. The molecule has 108 valence electrons. The fraction of sp³-hybridized carbons (Fsp3) is 0.600. The maximum absolute atomic E-state index is 11.8. The van der Waals surface area contributed by atoms with Crippen molar-refractivity contribution in [3.63, 3.8) is 0 Å². The van der Waals surface area contributed by atoms with Gasteiger partial charge in [-0.2, -0.15) is 5.10 Å². The van der Waals surface area contributed by atoms with Crippen LogP contribution in [0.5, 0.6) is 0 Å². The van der Waals surface area contributed by atoms with E-state index in [9.17, 15) is 13.2 Å². The summed E-state index contributed by atoms with van der Waals surface area (Å²) in [7, 11) is -3.10. The fourth-order valence-electron chi connectivity index (χ4n) is 1.58. The highest BCUT2D eigenvalue weighted by atomic mass is 79.9. The molecule has 0 aliphatic carbocycles. The topological polar surface area (TPSA) is 101 Å². The Kier molecular flexibility index (Phi) is 5.50. The summed E-state index contributed by atoms with van der Waals surface area (Å²) in [6.45, 7) is 1.62. The lowest BCUT2D eigenvalue weighted by Gasteiger charge is -2.15. The molecule has 0 amide bonds. The third-order valence-corrected chi connectivity index (χ3v) is 4.12. The van der Waals surface area contributed by atoms with Crippen LogP contribution in [0.25, 0.3) is 0 Å². The molecule has 1 atom stereocenters. The molecule has 0 fully saturated rings. The number of aliphatic hydroxyl groups is 1. The monoisotopic (exact) mass is 353 g/mol. The van der Waals surface area contributed by atoms with Crippen LogP contribution in [0.2, 0.25) is 0 Å².